The predicted molar refractivity (Wildman–Crippen MR) is 121 cm³/mol. The average Bonchev–Trinajstić information content (AvgIpc) is 3.00. The van der Waals surface area contributed by atoms with E-state index in [1.807, 2.05) is 0 Å². The van der Waals surface area contributed by atoms with Crippen molar-refractivity contribution >= 4 is 5.78 Å². The van der Waals surface area contributed by atoms with E-state index in [0.717, 1.165) is 49.4 Å². The van der Waals surface area contributed by atoms with Gasteiger partial charge in [-0.2, -0.15) is 0 Å². The molecule has 2 N–H and O–H groups in total. The SMILES string of the molecule is CC(C)CCC[C@H](C)[C@@H]1CC[C@H]2[C@H]3CC(=O)[C@@H]4CCCC(N)[C@@]4(C)[C@H]3CC[C@@]21C. The Hall–Kier alpha value is -0.370. The molecule has 0 aromatic carbocycles. The molecule has 0 bridgehead atoms. The Kier molecular flexibility index (Phi) is 5.99. The predicted octanol–water partition coefficient (Wildman–Crippen LogP) is 6.61. The van der Waals surface area contributed by atoms with Crippen LogP contribution in [-0.2, 0) is 4.79 Å². The van der Waals surface area contributed by atoms with Crippen molar-refractivity contribution in [3.8, 4) is 0 Å². The summed E-state index contributed by atoms with van der Waals surface area (Å²) >= 11 is 0. The molecule has 0 amide bonds. The van der Waals surface area contributed by atoms with E-state index in [-0.39, 0.29) is 17.4 Å². The van der Waals surface area contributed by atoms with Gasteiger partial charge in [0.1, 0.15) is 5.78 Å². The van der Waals surface area contributed by atoms with Crippen molar-refractivity contribution in [3.05, 3.63) is 0 Å². The zero-order valence-corrected chi connectivity index (χ0v) is 19.9. The maximum absolute atomic E-state index is 13.3. The summed E-state index contributed by atoms with van der Waals surface area (Å²) in [5.74, 6) is 5.40. The number of ketones is 1. The second-order valence-electron chi connectivity index (χ2n) is 12.5. The third-order valence-corrected chi connectivity index (χ3v) is 10.8. The second-order valence-corrected chi connectivity index (χ2v) is 12.5. The zero-order valence-electron chi connectivity index (χ0n) is 19.9. The Morgan fingerprint density at radius 3 is 2.48 bits per heavy atom. The van der Waals surface area contributed by atoms with E-state index in [1.165, 1.54) is 44.9 Å². The molecule has 4 rings (SSSR count). The first-order valence-corrected chi connectivity index (χ1v) is 13.0. The fourth-order valence-electron chi connectivity index (χ4n) is 9.21. The van der Waals surface area contributed by atoms with Gasteiger partial charge in [0, 0.05) is 18.4 Å². The van der Waals surface area contributed by atoms with Crippen LogP contribution in [0.4, 0.5) is 0 Å². The molecule has 0 heterocycles. The van der Waals surface area contributed by atoms with Crippen LogP contribution in [0.25, 0.3) is 0 Å². The molecule has 4 fully saturated rings. The highest BCUT2D eigenvalue weighted by atomic mass is 16.1. The van der Waals surface area contributed by atoms with E-state index < -0.39 is 0 Å². The molecule has 29 heavy (non-hydrogen) atoms. The monoisotopic (exact) mass is 401 g/mol. The maximum Gasteiger partial charge on any atom is 0.136 e. The van der Waals surface area contributed by atoms with Crippen molar-refractivity contribution in [2.45, 2.75) is 111 Å². The number of carbonyl (C=O) groups excluding carboxylic acids is 1. The van der Waals surface area contributed by atoms with Crippen molar-refractivity contribution in [2.24, 2.45) is 58.0 Å². The normalized spacial score (nSPS) is 48.2. The van der Waals surface area contributed by atoms with E-state index in [9.17, 15) is 4.79 Å². The van der Waals surface area contributed by atoms with Gasteiger partial charge in [-0.25, -0.2) is 0 Å². The van der Waals surface area contributed by atoms with E-state index in [0.29, 0.717) is 23.0 Å². The standard InChI is InChI=1S/C27H47NO/c1-17(2)8-6-9-18(3)20-12-13-21-19-16-24(29)23-10-7-11-25(28)27(23,5)22(19)14-15-26(20,21)4/h17-23,25H,6-16,28H2,1-5H3/t18-,19+,20-,21-,22-,23-,25?,26+,27-/m0/s1. The fraction of sp³-hybridized carbons (Fsp3) is 0.963. The highest BCUT2D eigenvalue weighted by Crippen LogP contribution is 2.67. The van der Waals surface area contributed by atoms with Gasteiger partial charge in [-0.1, -0.05) is 60.3 Å². The summed E-state index contributed by atoms with van der Waals surface area (Å²) in [6.07, 6.45) is 13.8. The van der Waals surface area contributed by atoms with Crippen LogP contribution in [0.2, 0.25) is 0 Å². The smallest absolute Gasteiger partial charge is 0.136 e. The van der Waals surface area contributed by atoms with Crippen molar-refractivity contribution in [2.75, 3.05) is 0 Å². The van der Waals surface area contributed by atoms with Crippen molar-refractivity contribution < 1.29 is 4.79 Å². The van der Waals surface area contributed by atoms with Crippen molar-refractivity contribution in [1.82, 2.24) is 0 Å². The first-order chi connectivity index (χ1) is 13.7. The van der Waals surface area contributed by atoms with Crippen LogP contribution in [-0.4, -0.2) is 11.8 Å². The van der Waals surface area contributed by atoms with E-state index in [1.54, 1.807) is 0 Å². The molecule has 4 saturated carbocycles. The van der Waals surface area contributed by atoms with E-state index in [2.05, 4.69) is 34.6 Å². The van der Waals surface area contributed by atoms with Crippen LogP contribution in [0.1, 0.15) is 105 Å². The van der Waals surface area contributed by atoms with Gasteiger partial charge < -0.3 is 5.73 Å². The summed E-state index contributed by atoms with van der Waals surface area (Å²) < 4.78 is 0. The molecule has 0 radical (unpaired) electrons. The number of hydrogen-bond acceptors (Lipinski definition) is 2. The topological polar surface area (TPSA) is 43.1 Å². The molecular formula is C27H47NO. The first-order valence-electron chi connectivity index (χ1n) is 13.0. The van der Waals surface area contributed by atoms with E-state index in [4.69, 9.17) is 5.73 Å². The minimum atomic E-state index is 0.0700. The molecule has 4 aliphatic rings. The van der Waals surface area contributed by atoms with Crippen LogP contribution in [0.15, 0.2) is 0 Å². The number of carbonyl (C=O) groups is 1. The number of hydrogen-bond donors (Lipinski definition) is 1. The average molecular weight is 402 g/mol. The van der Waals surface area contributed by atoms with Gasteiger partial charge in [-0.3, -0.25) is 4.79 Å². The van der Waals surface area contributed by atoms with Crippen LogP contribution >= 0.6 is 0 Å². The van der Waals surface area contributed by atoms with Crippen LogP contribution in [0.3, 0.4) is 0 Å². The lowest BCUT2D eigenvalue weighted by Gasteiger charge is -2.61. The largest absolute Gasteiger partial charge is 0.327 e. The highest BCUT2D eigenvalue weighted by Gasteiger charge is 2.63. The van der Waals surface area contributed by atoms with Gasteiger partial charge in [-0.05, 0) is 84.9 Å². The molecule has 166 valence electrons. The Morgan fingerprint density at radius 1 is 1.00 bits per heavy atom. The minimum Gasteiger partial charge on any atom is -0.327 e. The van der Waals surface area contributed by atoms with Crippen LogP contribution < -0.4 is 5.73 Å². The quantitative estimate of drug-likeness (QED) is 0.563. The minimum absolute atomic E-state index is 0.0700. The summed E-state index contributed by atoms with van der Waals surface area (Å²) in [7, 11) is 0. The summed E-state index contributed by atoms with van der Waals surface area (Å²) in [6.45, 7) is 12.3. The first kappa shape index (κ1) is 21.8. The van der Waals surface area contributed by atoms with Gasteiger partial charge in [0.25, 0.3) is 0 Å². The van der Waals surface area contributed by atoms with Gasteiger partial charge in [0.2, 0.25) is 0 Å². The van der Waals surface area contributed by atoms with E-state index >= 15 is 0 Å². The number of nitrogens with two attached hydrogens (primary N) is 1. The Morgan fingerprint density at radius 2 is 1.76 bits per heavy atom. The number of rotatable bonds is 5. The summed E-state index contributed by atoms with van der Waals surface area (Å²) in [5.41, 5.74) is 7.29. The zero-order chi connectivity index (χ0) is 21.0. The molecule has 2 nitrogen and oxygen atoms in total. The molecule has 1 unspecified atom stereocenters. The molecule has 9 atom stereocenters. The summed E-state index contributed by atoms with van der Waals surface area (Å²) in [5, 5.41) is 0. The third kappa shape index (κ3) is 3.44. The summed E-state index contributed by atoms with van der Waals surface area (Å²) in [6, 6.07) is 0.231. The molecule has 0 aromatic heterocycles. The van der Waals surface area contributed by atoms with Crippen LogP contribution in [0, 0.1) is 52.3 Å². The Labute approximate surface area is 180 Å². The maximum atomic E-state index is 13.3. The summed E-state index contributed by atoms with van der Waals surface area (Å²) in [4.78, 5) is 13.3. The lowest BCUT2D eigenvalue weighted by Crippen LogP contribution is -2.62. The number of fused-ring (bicyclic) bond motifs is 5. The third-order valence-electron chi connectivity index (χ3n) is 10.8. The van der Waals surface area contributed by atoms with Gasteiger partial charge in [0.05, 0.1) is 0 Å². The number of Topliss-reactive ketones (excluding diaryl/α,β-unsaturated/α-hetero) is 1. The lowest BCUT2D eigenvalue weighted by molar-refractivity contribution is -0.157. The second kappa shape index (κ2) is 7.95. The molecule has 4 aliphatic carbocycles. The van der Waals surface area contributed by atoms with Crippen LogP contribution in [0.5, 0.6) is 0 Å². The van der Waals surface area contributed by atoms with Crippen molar-refractivity contribution in [3.63, 3.8) is 0 Å². The molecular weight excluding hydrogens is 354 g/mol. The fourth-order valence-corrected chi connectivity index (χ4v) is 9.21. The Balaban J connectivity index is 1.53. The molecule has 0 aromatic rings. The van der Waals surface area contributed by atoms with Crippen molar-refractivity contribution in [1.29, 1.82) is 0 Å². The van der Waals surface area contributed by atoms with Gasteiger partial charge in [0.15, 0.2) is 0 Å². The molecule has 0 saturated heterocycles. The Bertz CT molecular complexity index is 614. The highest BCUT2D eigenvalue weighted by molar-refractivity contribution is 5.83. The molecule has 0 spiro atoms. The lowest BCUT2D eigenvalue weighted by atomic mass is 9.43. The van der Waals surface area contributed by atoms with Gasteiger partial charge in [-0.15, -0.1) is 0 Å². The molecule has 2 heteroatoms. The molecule has 0 aliphatic heterocycles. The van der Waals surface area contributed by atoms with Gasteiger partial charge >= 0.3 is 0 Å².